The fourth-order valence-electron chi connectivity index (χ4n) is 3.77. The number of urea groups is 1. The lowest BCUT2D eigenvalue weighted by atomic mass is 9.81. The molecule has 0 aromatic carbocycles. The number of amides is 2. The molecule has 0 unspecified atom stereocenters. The van der Waals surface area contributed by atoms with E-state index >= 15 is 0 Å². The van der Waals surface area contributed by atoms with Crippen LogP contribution in [-0.4, -0.2) is 51.4 Å². The highest BCUT2D eigenvalue weighted by Crippen LogP contribution is 2.42. The molecule has 24 heavy (non-hydrogen) atoms. The highest BCUT2D eigenvalue weighted by molar-refractivity contribution is 7.11. The Morgan fingerprint density at radius 2 is 2.08 bits per heavy atom. The molecule has 2 N–H and O–H groups in total. The van der Waals surface area contributed by atoms with E-state index in [1.165, 1.54) is 0 Å². The second kappa shape index (κ2) is 6.57. The van der Waals surface area contributed by atoms with Crippen molar-refractivity contribution in [2.75, 3.05) is 13.2 Å². The van der Waals surface area contributed by atoms with E-state index in [1.54, 1.807) is 16.4 Å². The Kier molecular flexibility index (Phi) is 4.44. The number of aromatic nitrogens is 2. The third kappa shape index (κ3) is 2.80. The zero-order valence-electron chi connectivity index (χ0n) is 14.1. The van der Waals surface area contributed by atoms with Gasteiger partial charge in [0.05, 0.1) is 18.7 Å². The summed E-state index contributed by atoms with van der Waals surface area (Å²) < 4.78 is 0. The summed E-state index contributed by atoms with van der Waals surface area (Å²) in [5.74, 6) is 0.464. The molecule has 2 atom stereocenters. The molecule has 1 aromatic rings. The van der Waals surface area contributed by atoms with Crippen LogP contribution in [0.5, 0.6) is 0 Å². The van der Waals surface area contributed by atoms with Crippen molar-refractivity contribution in [2.24, 2.45) is 5.73 Å². The predicted molar refractivity (Wildman–Crippen MR) is 90.4 cm³/mol. The van der Waals surface area contributed by atoms with Gasteiger partial charge in [-0.3, -0.25) is 4.84 Å². The summed E-state index contributed by atoms with van der Waals surface area (Å²) in [6, 6.07) is 0.531. The molecule has 8 heteroatoms. The molecule has 132 valence electrons. The lowest BCUT2D eigenvalue weighted by molar-refractivity contribution is -0.130. The molecule has 0 radical (unpaired) electrons. The van der Waals surface area contributed by atoms with Crippen molar-refractivity contribution in [1.29, 1.82) is 0 Å². The third-order valence-electron chi connectivity index (χ3n) is 5.32. The Bertz CT molecular complexity index is 603. The highest BCUT2D eigenvalue weighted by atomic mass is 32.1. The maximum Gasteiger partial charge on any atom is 0.344 e. The number of hydroxylamine groups is 2. The smallest absolute Gasteiger partial charge is 0.328 e. The number of carbonyl (C=O) groups is 1. The van der Waals surface area contributed by atoms with Gasteiger partial charge in [-0.25, -0.2) is 4.79 Å². The summed E-state index contributed by atoms with van der Waals surface area (Å²) in [5.41, 5.74) is 5.87. The van der Waals surface area contributed by atoms with Gasteiger partial charge in [0.15, 0.2) is 0 Å². The van der Waals surface area contributed by atoms with Gasteiger partial charge >= 0.3 is 6.03 Å². The Hall–Kier alpha value is -1.25. The van der Waals surface area contributed by atoms with E-state index < -0.39 is 0 Å². The van der Waals surface area contributed by atoms with Gasteiger partial charge in [-0.1, -0.05) is 24.7 Å². The summed E-state index contributed by atoms with van der Waals surface area (Å²) in [5, 5.41) is 12.4. The van der Waals surface area contributed by atoms with Crippen molar-refractivity contribution < 1.29 is 9.63 Å². The molecular weight excluding hydrogens is 326 g/mol. The van der Waals surface area contributed by atoms with E-state index in [2.05, 4.69) is 17.1 Å². The Morgan fingerprint density at radius 3 is 2.83 bits per heavy atom. The number of fused-ring (bicyclic) bond motifs is 2. The van der Waals surface area contributed by atoms with Gasteiger partial charge < -0.3 is 10.6 Å². The molecule has 2 amide bonds. The van der Waals surface area contributed by atoms with Crippen LogP contribution < -0.4 is 5.73 Å². The van der Waals surface area contributed by atoms with E-state index in [1.807, 2.05) is 4.90 Å². The molecular formula is C16H25N5O2S. The minimum Gasteiger partial charge on any atom is -0.328 e. The van der Waals surface area contributed by atoms with Crippen molar-refractivity contribution in [1.82, 2.24) is 20.2 Å². The molecule has 0 spiro atoms. The van der Waals surface area contributed by atoms with Crippen LogP contribution in [0.2, 0.25) is 0 Å². The summed E-state index contributed by atoms with van der Waals surface area (Å²) in [6.07, 6.45) is 5.94. The Labute approximate surface area is 146 Å². The molecule has 1 saturated carbocycles. The van der Waals surface area contributed by atoms with Crippen LogP contribution in [0.15, 0.2) is 0 Å². The SMILES string of the molecule is CCCCON1C(=O)N2C[C@@H]1CC[C@H]2c1nnc(C2CC(N)C2)s1. The molecule has 2 bridgehead atoms. The molecule has 4 rings (SSSR count). The van der Waals surface area contributed by atoms with Gasteiger partial charge in [0.1, 0.15) is 10.0 Å². The van der Waals surface area contributed by atoms with E-state index in [0.717, 1.165) is 55.1 Å². The van der Waals surface area contributed by atoms with Gasteiger partial charge in [-0.15, -0.1) is 10.2 Å². The van der Waals surface area contributed by atoms with Crippen LogP contribution in [0.4, 0.5) is 4.79 Å². The van der Waals surface area contributed by atoms with Gasteiger partial charge in [0.25, 0.3) is 0 Å². The highest BCUT2D eigenvalue weighted by Gasteiger charge is 2.47. The largest absolute Gasteiger partial charge is 0.344 e. The zero-order chi connectivity index (χ0) is 16.7. The molecule has 1 aliphatic carbocycles. The number of unbranched alkanes of at least 4 members (excludes halogenated alkanes) is 1. The summed E-state index contributed by atoms with van der Waals surface area (Å²) in [6.45, 7) is 3.47. The van der Waals surface area contributed by atoms with Crippen LogP contribution in [-0.2, 0) is 4.84 Å². The molecule has 2 saturated heterocycles. The molecule has 3 fully saturated rings. The summed E-state index contributed by atoms with van der Waals surface area (Å²) in [7, 11) is 0. The third-order valence-corrected chi connectivity index (χ3v) is 6.50. The topological polar surface area (TPSA) is 84.6 Å². The zero-order valence-corrected chi connectivity index (χ0v) is 14.9. The van der Waals surface area contributed by atoms with Crippen molar-refractivity contribution in [2.45, 2.75) is 69.5 Å². The number of piperidine rings is 1. The monoisotopic (exact) mass is 351 g/mol. The van der Waals surface area contributed by atoms with Crippen molar-refractivity contribution in [3.05, 3.63) is 10.0 Å². The first-order chi connectivity index (χ1) is 11.7. The fourth-order valence-corrected chi connectivity index (χ4v) is 4.89. The second-order valence-electron chi connectivity index (χ2n) is 7.10. The number of carbonyl (C=O) groups excluding carboxylic acids is 1. The predicted octanol–water partition coefficient (Wildman–Crippen LogP) is 2.42. The fraction of sp³-hybridized carbons (Fsp3) is 0.812. The minimum absolute atomic E-state index is 0.0129. The quantitative estimate of drug-likeness (QED) is 0.796. The summed E-state index contributed by atoms with van der Waals surface area (Å²) in [4.78, 5) is 20.3. The minimum atomic E-state index is -0.0129. The number of nitrogens with two attached hydrogens (primary N) is 1. The first-order valence-electron chi connectivity index (χ1n) is 8.99. The molecule has 1 aromatic heterocycles. The summed E-state index contributed by atoms with van der Waals surface area (Å²) >= 11 is 1.66. The van der Waals surface area contributed by atoms with E-state index in [4.69, 9.17) is 10.6 Å². The molecule has 3 heterocycles. The van der Waals surface area contributed by atoms with E-state index in [0.29, 0.717) is 18.6 Å². The van der Waals surface area contributed by atoms with Gasteiger partial charge in [-0.2, -0.15) is 5.06 Å². The lowest BCUT2D eigenvalue weighted by Gasteiger charge is -2.30. The molecule has 2 aliphatic heterocycles. The average molecular weight is 351 g/mol. The Balaban J connectivity index is 1.43. The number of nitrogens with zero attached hydrogens (tertiary/aromatic N) is 4. The number of rotatable bonds is 6. The lowest BCUT2D eigenvalue weighted by Crippen LogP contribution is -2.34. The number of hydrogen-bond acceptors (Lipinski definition) is 6. The maximum atomic E-state index is 12.7. The normalized spacial score (nSPS) is 32.3. The molecule has 3 aliphatic rings. The first kappa shape index (κ1) is 16.2. The van der Waals surface area contributed by atoms with Gasteiger partial charge in [0.2, 0.25) is 0 Å². The van der Waals surface area contributed by atoms with E-state index in [9.17, 15) is 4.79 Å². The van der Waals surface area contributed by atoms with Crippen LogP contribution in [0.1, 0.15) is 67.4 Å². The average Bonchev–Trinajstić information content (AvgIpc) is 3.12. The van der Waals surface area contributed by atoms with Crippen molar-refractivity contribution in [3.8, 4) is 0 Å². The van der Waals surface area contributed by atoms with Crippen LogP contribution in [0, 0.1) is 0 Å². The molecule has 7 nitrogen and oxygen atoms in total. The van der Waals surface area contributed by atoms with Crippen LogP contribution in [0.3, 0.4) is 0 Å². The van der Waals surface area contributed by atoms with Crippen molar-refractivity contribution >= 4 is 17.4 Å². The van der Waals surface area contributed by atoms with E-state index in [-0.39, 0.29) is 18.1 Å². The second-order valence-corrected chi connectivity index (χ2v) is 8.14. The van der Waals surface area contributed by atoms with Crippen molar-refractivity contribution in [3.63, 3.8) is 0 Å². The number of hydrogen-bond donors (Lipinski definition) is 1. The Morgan fingerprint density at radius 1 is 1.29 bits per heavy atom. The maximum absolute atomic E-state index is 12.7. The standard InChI is InChI=1S/C16H25N5O2S/c1-2-3-6-23-21-12-4-5-13(20(9-12)16(21)22)15-19-18-14(24-15)10-7-11(17)8-10/h10-13H,2-9,17H2,1H3/t10?,11?,12-,13-/m0/s1. The first-order valence-corrected chi connectivity index (χ1v) is 9.80. The van der Waals surface area contributed by atoms with Crippen LogP contribution in [0.25, 0.3) is 0 Å². The van der Waals surface area contributed by atoms with Gasteiger partial charge in [-0.05, 0) is 32.1 Å². The van der Waals surface area contributed by atoms with Crippen LogP contribution >= 0.6 is 11.3 Å². The van der Waals surface area contributed by atoms with Gasteiger partial charge in [0, 0.05) is 18.5 Å².